The summed E-state index contributed by atoms with van der Waals surface area (Å²) in [4.78, 5) is 12.6. The fraction of sp³-hybridized carbons (Fsp3) is 0.688. The van der Waals surface area contributed by atoms with E-state index in [1.165, 1.54) is 6.33 Å². The van der Waals surface area contributed by atoms with Crippen LogP contribution in [0.15, 0.2) is 6.33 Å². The van der Waals surface area contributed by atoms with Crippen LogP contribution < -0.4 is 16.8 Å². The van der Waals surface area contributed by atoms with Crippen molar-refractivity contribution < 1.29 is 20.1 Å². The third kappa shape index (κ3) is 3.96. The molecule has 0 unspecified atom stereocenters. The van der Waals surface area contributed by atoms with Crippen LogP contribution in [0.5, 0.6) is 0 Å². The van der Waals surface area contributed by atoms with Gasteiger partial charge < -0.3 is 36.8 Å². The maximum absolute atomic E-state index is 10.4. The van der Waals surface area contributed by atoms with Gasteiger partial charge in [0.05, 0.1) is 6.61 Å². The van der Waals surface area contributed by atoms with Crippen LogP contribution in [0.4, 0.5) is 11.8 Å². The molecule has 8 N–H and O–H groups in total. The highest BCUT2D eigenvalue weighted by Gasteiger charge is 2.45. The molecule has 1 saturated heterocycles. The third-order valence-corrected chi connectivity index (χ3v) is 4.69. The van der Waals surface area contributed by atoms with Gasteiger partial charge in [-0.1, -0.05) is 12.8 Å². The number of nitrogens with one attached hydrogen (secondary N) is 1. The number of anilines is 2. The van der Waals surface area contributed by atoms with Crippen molar-refractivity contribution in [3.05, 3.63) is 6.33 Å². The SMILES string of the molecule is NCCCCCCNc1nc2c(N)ncnc2n1[C@@H]1O[C@H](CO)[C@@H](O)[C@H]1O. The Morgan fingerprint density at radius 1 is 1.15 bits per heavy atom. The van der Waals surface area contributed by atoms with Gasteiger partial charge in [-0.15, -0.1) is 0 Å². The van der Waals surface area contributed by atoms with Crippen LogP contribution in [0.3, 0.4) is 0 Å². The smallest absolute Gasteiger partial charge is 0.207 e. The van der Waals surface area contributed by atoms with E-state index >= 15 is 0 Å². The summed E-state index contributed by atoms with van der Waals surface area (Å²) in [7, 11) is 0. The van der Waals surface area contributed by atoms with Crippen molar-refractivity contribution in [3.8, 4) is 0 Å². The number of rotatable bonds is 9. The number of ether oxygens (including phenoxy) is 1. The van der Waals surface area contributed by atoms with Crippen LogP contribution in [-0.2, 0) is 4.74 Å². The van der Waals surface area contributed by atoms with E-state index in [9.17, 15) is 15.3 Å². The van der Waals surface area contributed by atoms with E-state index in [-0.39, 0.29) is 5.82 Å². The summed E-state index contributed by atoms with van der Waals surface area (Å²) < 4.78 is 7.20. The number of hydrogen-bond donors (Lipinski definition) is 6. The summed E-state index contributed by atoms with van der Waals surface area (Å²) in [6.45, 7) is 0.921. The predicted octanol–water partition coefficient (Wildman–Crippen LogP) is -1.05. The Labute approximate surface area is 156 Å². The van der Waals surface area contributed by atoms with Gasteiger partial charge in [0.15, 0.2) is 23.2 Å². The molecule has 2 aromatic rings. The van der Waals surface area contributed by atoms with Crippen molar-refractivity contribution in [2.24, 2.45) is 5.73 Å². The Kier molecular flexibility index (Phi) is 6.39. The minimum absolute atomic E-state index is 0.205. The highest BCUT2D eigenvalue weighted by Crippen LogP contribution is 2.35. The maximum Gasteiger partial charge on any atom is 0.207 e. The van der Waals surface area contributed by atoms with E-state index in [1.54, 1.807) is 4.57 Å². The fourth-order valence-corrected chi connectivity index (χ4v) is 3.21. The highest BCUT2D eigenvalue weighted by atomic mass is 16.6. The number of aliphatic hydroxyl groups excluding tert-OH is 3. The topological polar surface area (TPSA) is 178 Å². The molecule has 27 heavy (non-hydrogen) atoms. The Morgan fingerprint density at radius 3 is 2.63 bits per heavy atom. The average Bonchev–Trinajstić information content (AvgIpc) is 3.17. The van der Waals surface area contributed by atoms with Gasteiger partial charge >= 0.3 is 0 Å². The second-order valence-corrected chi connectivity index (χ2v) is 6.60. The largest absolute Gasteiger partial charge is 0.394 e. The summed E-state index contributed by atoms with van der Waals surface area (Å²) in [6.07, 6.45) is 0.965. The van der Waals surface area contributed by atoms with Gasteiger partial charge in [-0.05, 0) is 19.4 Å². The van der Waals surface area contributed by atoms with Crippen LogP contribution >= 0.6 is 0 Å². The zero-order valence-corrected chi connectivity index (χ0v) is 15.0. The van der Waals surface area contributed by atoms with E-state index in [0.717, 1.165) is 25.7 Å². The first-order valence-electron chi connectivity index (χ1n) is 9.13. The van der Waals surface area contributed by atoms with Gasteiger partial charge in [0.1, 0.15) is 24.6 Å². The van der Waals surface area contributed by atoms with Gasteiger partial charge in [-0.3, -0.25) is 4.57 Å². The Balaban J connectivity index is 1.85. The summed E-state index contributed by atoms with van der Waals surface area (Å²) in [5.41, 5.74) is 12.2. The molecule has 0 aliphatic carbocycles. The molecule has 11 heteroatoms. The van der Waals surface area contributed by atoms with Crippen LogP contribution in [0.1, 0.15) is 31.9 Å². The molecule has 0 radical (unpaired) electrons. The number of aromatic nitrogens is 4. The molecule has 0 aromatic carbocycles. The molecule has 3 rings (SSSR count). The molecule has 1 aliphatic rings. The molecule has 11 nitrogen and oxygen atoms in total. The first-order valence-corrected chi connectivity index (χ1v) is 9.13. The molecule has 1 aliphatic heterocycles. The van der Waals surface area contributed by atoms with Crippen LogP contribution in [0.2, 0.25) is 0 Å². The minimum atomic E-state index is -1.25. The lowest BCUT2D eigenvalue weighted by molar-refractivity contribution is -0.0501. The molecule has 0 spiro atoms. The van der Waals surface area contributed by atoms with Crippen molar-refractivity contribution in [2.75, 3.05) is 30.7 Å². The molecule has 150 valence electrons. The number of nitrogens with zero attached hydrogens (tertiary/aromatic N) is 4. The number of fused-ring (bicyclic) bond motifs is 1. The Bertz CT molecular complexity index is 756. The van der Waals surface area contributed by atoms with Crippen molar-refractivity contribution >= 4 is 22.9 Å². The second kappa shape index (κ2) is 8.76. The van der Waals surface area contributed by atoms with E-state index in [0.29, 0.717) is 30.2 Å². The van der Waals surface area contributed by atoms with Gasteiger partial charge in [0.2, 0.25) is 5.95 Å². The van der Waals surface area contributed by atoms with Gasteiger partial charge in [-0.2, -0.15) is 0 Å². The van der Waals surface area contributed by atoms with Crippen molar-refractivity contribution in [3.63, 3.8) is 0 Å². The van der Waals surface area contributed by atoms with E-state index in [4.69, 9.17) is 16.2 Å². The summed E-state index contributed by atoms with van der Waals surface area (Å²) in [6, 6.07) is 0. The molecule has 4 atom stereocenters. The highest BCUT2D eigenvalue weighted by molar-refractivity contribution is 5.84. The molecule has 2 aromatic heterocycles. The predicted molar refractivity (Wildman–Crippen MR) is 98.8 cm³/mol. The maximum atomic E-state index is 10.4. The lowest BCUT2D eigenvalue weighted by Crippen LogP contribution is -2.33. The summed E-state index contributed by atoms with van der Waals surface area (Å²) >= 11 is 0. The molecule has 0 bridgehead atoms. The number of hydrogen-bond acceptors (Lipinski definition) is 10. The van der Waals surface area contributed by atoms with Crippen LogP contribution in [0.25, 0.3) is 11.2 Å². The summed E-state index contributed by atoms with van der Waals surface area (Å²) in [5.74, 6) is 0.613. The number of nitrogens with two attached hydrogens (primary N) is 2. The van der Waals surface area contributed by atoms with Gasteiger partial charge in [-0.25, -0.2) is 15.0 Å². The van der Waals surface area contributed by atoms with Gasteiger partial charge in [0, 0.05) is 6.54 Å². The molecule has 0 amide bonds. The normalized spacial score (nSPS) is 25.3. The Morgan fingerprint density at radius 2 is 1.93 bits per heavy atom. The van der Waals surface area contributed by atoms with E-state index in [1.807, 2.05) is 0 Å². The van der Waals surface area contributed by atoms with Crippen molar-refractivity contribution in [2.45, 2.75) is 50.2 Å². The molecule has 0 saturated carbocycles. The van der Waals surface area contributed by atoms with Gasteiger partial charge in [0.25, 0.3) is 0 Å². The van der Waals surface area contributed by atoms with Crippen LogP contribution in [0, 0.1) is 0 Å². The first-order chi connectivity index (χ1) is 13.1. The van der Waals surface area contributed by atoms with Crippen molar-refractivity contribution in [1.82, 2.24) is 19.5 Å². The zero-order valence-electron chi connectivity index (χ0n) is 15.0. The minimum Gasteiger partial charge on any atom is -0.394 e. The zero-order chi connectivity index (χ0) is 19.4. The standard InChI is InChI=1S/C16H27N7O4/c17-5-3-1-2-4-6-19-16-22-10-13(18)20-8-21-14(10)23(16)15-12(26)11(25)9(7-24)27-15/h8-9,11-12,15,24-26H,1-7,17H2,(H,19,22)(H2,18,20,21)/t9-,11-,12-,15-/m1/s1. The molecular formula is C16H27N7O4. The number of nitrogen functional groups attached to an aromatic ring is 1. The number of aliphatic hydroxyl groups is 3. The first kappa shape index (κ1) is 19.7. The average molecular weight is 381 g/mol. The molecular weight excluding hydrogens is 354 g/mol. The molecule has 1 fully saturated rings. The van der Waals surface area contributed by atoms with E-state index < -0.39 is 31.1 Å². The number of imidazole rings is 1. The fourth-order valence-electron chi connectivity index (χ4n) is 3.21. The van der Waals surface area contributed by atoms with Crippen LogP contribution in [-0.4, -0.2) is 72.8 Å². The lowest BCUT2D eigenvalue weighted by Gasteiger charge is -2.19. The molecule has 3 heterocycles. The van der Waals surface area contributed by atoms with Crippen molar-refractivity contribution in [1.29, 1.82) is 0 Å². The summed E-state index contributed by atoms with van der Waals surface area (Å²) in [5, 5.41) is 33.1. The quantitative estimate of drug-likeness (QED) is 0.294. The van der Waals surface area contributed by atoms with E-state index in [2.05, 4.69) is 20.3 Å². The monoisotopic (exact) mass is 381 g/mol. The Hall–Kier alpha value is -2.05. The lowest BCUT2D eigenvalue weighted by atomic mass is 10.1. The second-order valence-electron chi connectivity index (χ2n) is 6.60. The third-order valence-electron chi connectivity index (χ3n) is 4.69. The number of unbranched alkanes of at least 4 members (excludes halogenated alkanes) is 3.